The highest BCUT2D eigenvalue weighted by atomic mass is 16.1. The number of fused-ring (bicyclic) bond motifs is 1. The molecule has 1 aliphatic rings. The van der Waals surface area contributed by atoms with E-state index < -0.39 is 0 Å². The first-order valence-corrected chi connectivity index (χ1v) is 11.1. The molecule has 0 saturated carbocycles. The molecule has 0 spiro atoms. The molecule has 2 aromatic heterocycles. The van der Waals surface area contributed by atoms with E-state index in [2.05, 4.69) is 49.4 Å². The van der Waals surface area contributed by atoms with E-state index >= 15 is 0 Å². The largest absolute Gasteiger partial charge is 0.355 e. The van der Waals surface area contributed by atoms with Crippen LogP contribution in [0.3, 0.4) is 0 Å². The molecule has 0 radical (unpaired) electrons. The van der Waals surface area contributed by atoms with Crippen molar-refractivity contribution in [1.82, 2.24) is 19.9 Å². The summed E-state index contributed by atoms with van der Waals surface area (Å²) in [6.07, 6.45) is 5.68. The number of hydrogen-bond acceptors (Lipinski definition) is 4. The number of aromatic amines is 1. The van der Waals surface area contributed by atoms with Crippen molar-refractivity contribution in [2.45, 2.75) is 26.3 Å². The van der Waals surface area contributed by atoms with Gasteiger partial charge in [-0.05, 0) is 50.6 Å². The minimum Gasteiger partial charge on any atom is -0.355 e. The average Bonchev–Trinajstić information content (AvgIpc) is 3.25. The van der Waals surface area contributed by atoms with E-state index in [0.29, 0.717) is 0 Å². The van der Waals surface area contributed by atoms with Gasteiger partial charge in [0.05, 0.1) is 5.92 Å². The lowest BCUT2D eigenvalue weighted by molar-refractivity contribution is -0.121. The number of aromatic nitrogens is 3. The molecule has 2 N–H and O–H groups in total. The number of nitrogens with one attached hydrogen (secondary N) is 2. The fourth-order valence-electron chi connectivity index (χ4n) is 4.41. The molecule has 0 aliphatic carbocycles. The molecule has 6 heteroatoms. The molecule has 1 amide bonds. The summed E-state index contributed by atoms with van der Waals surface area (Å²) in [5.74, 6) is 0.842. The Balaban J connectivity index is 1.25. The van der Waals surface area contributed by atoms with Crippen molar-refractivity contribution in [2.24, 2.45) is 5.92 Å². The topological polar surface area (TPSA) is 73.9 Å². The smallest absolute Gasteiger partial charge is 0.228 e. The second kappa shape index (κ2) is 8.93. The first-order valence-electron chi connectivity index (χ1n) is 11.1. The van der Waals surface area contributed by atoms with Crippen LogP contribution in [-0.2, 0) is 11.3 Å². The number of anilines is 1. The summed E-state index contributed by atoms with van der Waals surface area (Å²) in [7, 11) is 0. The number of H-pyrrole nitrogens is 1. The second-order valence-corrected chi connectivity index (χ2v) is 8.55. The molecule has 2 aromatic carbocycles. The molecule has 0 unspecified atom stereocenters. The van der Waals surface area contributed by atoms with Crippen LogP contribution >= 0.6 is 0 Å². The molecule has 4 aromatic rings. The van der Waals surface area contributed by atoms with Crippen LogP contribution < -0.4 is 5.32 Å². The van der Waals surface area contributed by atoms with E-state index in [9.17, 15) is 4.79 Å². The predicted molar refractivity (Wildman–Crippen MR) is 127 cm³/mol. The summed E-state index contributed by atoms with van der Waals surface area (Å²) in [5.41, 5.74) is 5.13. The van der Waals surface area contributed by atoms with E-state index in [1.807, 2.05) is 49.6 Å². The second-order valence-electron chi connectivity index (χ2n) is 8.55. The van der Waals surface area contributed by atoms with Crippen molar-refractivity contribution < 1.29 is 4.79 Å². The average molecular weight is 426 g/mol. The fraction of sp³-hybridized carbons (Fsp3) is 0.269. The highest BCUT2D eigenvalue weighted by Gasteiger charge is 2.26. The maximum Gasteiger partial charge on any atom is 0.228 e. The molecular formula is C26H27N5O. The van der Waals surface area contributed by atoms with Gasteiger partial charge in [-0.1, -0.05) is 30.3 Å². The maximum absolute atomic E-state index is 13.0. The predicted octanol–water partition coefficient (Wildman–Crippen LogP) is 4.78. The lowest BCUT2D eigenvalue weighted by Crippen LogP contribution is -2.40. The Morgan fingerprint density at radius 1 is 1.12 bits per heavy atom. The Bertz CT molecular complexity index is 1200. The third-order valence-electron chi connectivity index (χ3n) is 6.09. The molecule has 1 aliphatic heterocycles. The molecule has 5 rings (SSSR count). The summed E-state index contributed by atoms with van der Waals surface area (Å²) in [4.78, 5) is 27.4. The van der Waals surface area contributed by atoms with Crippen molar-refractivity contribution in [3.8, 4) is 11.3 Å². The number of carbonyl (C=O) groups is 1. The Morgan fingerprint density at radius 2 is 1.97 bits per heavy atom. The molecule has 3 heterocycles. The zero-order chi connectivity index (χ0) is 21.9. The quantitative estimate of drug-likeness (QED) is 0.482. The van der Waals surface area contributed by atoms with Crippen molar-refractivity contribution in [3.63, 3.8) is 0 Å². The van der Waals surface area contributed by atoms with Crippen LogP contribution in [0.4, 0.5) is 5.69 Å². The monoisotopic (exact) mass is 425 g/mol. The molecule has 162 valence electrons. The van der Waals surface area contributed by atoms with Crippen LogP contribution in [0.1, 0.15) is 24.2 Å². The van der Waals surface area contributed by atoms with Gasteiger partial charge in [0.2, 0.25) is 5.91 Å². The van der Waals surface area contributed by atoms with E-state index in [4.69, 9.17) is 0 Å². The SMILES string of the molecule is Cc1ncc(CN2CCC[C@H](C(=O)Nc3cccc(-c4cc5ccccc5[nH]4)c3)C2)cn1. The van der Waals surface area contributed by atoms with Gasteiger partial charge in [-0.15, -0.1) is 0 Å². The summed E-state index contributed by atoms with van der Waals surface area (Å²) in [5, 5.41) is 4.32. The number of para-hydroxylation sites is 1. The number of rotatable bonds is 5. The normalized spacial score (nSPS) is 16.8. The minimum atomic E-state index is -0.0214. The number of amides is 1. The standard InChI is InChI=1S/C26H27N5O/c1-18-27-14-19(15-28-18)16-31-11-5-8-22(17-31)26(32)29-23-9-4-7-20(12-23)25-13-21-6-2-3-10-24(21)30-25/h2-4,6-7,9-10,12-15,22,30H,5,8,11,16-17H2,1H3,(H,29,32)/t22-/m0/s1. The maximum atomic E-state index is 13.0. The molecule has 1 fully saturated rings. The molecule has 6 nitrogen and oxygen atoms in total. The number of carbonyl (C=O) groups excluding carboxylic acids is 1. The van der Waals surface area contributed by atoms with Gasteiger partial charge in [0.25, 0.3) is 0 Å². The number of nitrogens with zero attached hydrogens (tertiary/aromatic N) is 3. The molecule has 1 atom stereocenters. The van der Waals surface area contributed by atoms with Gasteiger partial charge in [-0.2, -0.15) is 0 Å². The van der Waals surface area contributed by atoms with Crippen molar-refractivity contribution in [3.05, 3.63) is 78.4 Å². The Hall–Kier alpha value is -3.51. The summed E-state index contributed by atoms with van der Waals surface area (Å²) < 4.78 is 0. The Kier molecular flexibility index (Phi) is 5.69. The van der Waals surface area contributed by atoms with E-state index in [1.54, 1.807) is 0 Å². The fourth-order valence-corrected chi connectivity index (χ4v) is 4.41. The van der Waals surface area contributed by atoms with Crippen LogP contribution in [0.25, 0.3) is 22.2 Å². The number of hydrogen-bond donors (Lipinski definition) is 2. The minimum absolute atomic E-state index is 0.0214. The van der Waals surface area contributed by atoms with E-state index in [-0.39, 0.29) is 11.8 Å². The zero-order valence-electron chi connectivity index (χ0n) is 18.2. The lowest BCUT2D eigenvalue weighted by atomic mass is 9.96. The van der Waals surface area contributed by atoms with Gasteiger partial charge in [-0.25, -0.2) is 9.97 Å². The Labute approximate surface area is 187 Å². The Morgan fingerprint density at radius 3 is 2.81 bits per heavy atom. The van der Waals surface area contributed by atoms with E-state index in [1.165, 1.54) is 5.39 Å². The van der Waals surface area contributed by atoms with Crippen LogP contribution in [0, 0.1) is 12.8 Å². The molecule has 32 heavy (non-hydrogen) atoms. The summed E-state index contributed by atoms with van der Waals surface area (Å²) in [6, 6.07) is 18.4. The summed E-state index contributed by atoms with van der Waals surface area (Å²) in [6.45, 7) is 4.41. The van der Waals surface area contributed by atoms with Crippen LogP contribution in [-0.4, -0.2) is 38.8 Å². The van der Waals surface area contributed by atoms with Gasteiger partial charge < -0.3 is 10.3 Å². The van der Waals surface area contributed by atoms with Gasteiger partial charge in [0, 0.05) is 58.9 Å². The van der Waals surface area contributed by atoms with Gasteiger partial charge in [0.15, 0.2) is 0 Å². The number of likely N-dealkylation sites (tertiary alicyclic amines) is 1. The zero-order valence-corrected chi connectivity index (χ0v) is 18.2. The number of aryl methyl sites for hydroxylation is 1. The van der Waals surface area contributed by atoms with Crippen molar-refractivity contribution in [2.75, 3.05) is 18.4 Å². The first kappa shape index (κ1) is 20.4. The van der Waals surface area contributed by atoms with Gasteiger partial charge in [-0.3, -0.25) is 9.69 Å². The van der Waals surface area contributed by atoms with Gasteiger partial charge in [0.1, 0.15) is 5.82 Å². The first-order chi connectivity index (χ1) is 15.6. The van der Waals surface area contributed by atoms with Crippen LogP contribution in [0.5, 0.6) is 0 Å². The third kappa shape index (κ3) is 4.55. The van der Waals surface area contributed by atoms with Crippen LogP contribution in [0.2, 0.25) is 0 Å². The van der Waals surface area contributed by atoms with E-state index in [0.717, 1.165) is 66.3 Å². The molecule has 0 bridgehead atoms. The van der Waals surface area contributed by atoms with Gasteiger partial charge >= 0.3 is 0 Å². The highest BCUT2D eigenvalue weighted by molar-refractivity contribution is 5.94. The highest BCUT2D eigenvalue weighted by Crippen LogP contribution is 2.27. The molecule has 1 saturated heterocycles. The van der Waals surface area contributed by atoms with Crippen molar-refractivity contribution >= 4 is 22.5 Å². The molecular weight excluding hydrogens is 398 g/mol. The van der Waals surface area contributed by atoms with Crippen molar-refractivity contribution in [1.29, 1.82) is 0 Å². The lowest BCUT2D eigenvalue weighted by Gasteiger charge is -2.31. The summed E-state index contributed by atoms with van der Waals surface area (Å²) >= 11 is 0. The number of benzene rings is 2. The van der Waals surface area contributed by atoms with Crippen LogP contribution in [0.15, 0.2) is 67.0 Å². The third-order valence-corrected chi connectivity index (χ3v) is 6.09. The number of piperidine rings is 1.